The molecule has 2 aliphatic heterocycles. The van der Waals surface area contributed by atoms with Gasteiger partial charge in [0, 0.05) is 51.4 Å². The first kappa shape index (κ1) is 39.6. The molecule has 4 aromatic rings. The van der Waals surface area contributed by atoms with Crippen molar-refractivity contribution in [1.82, 2.24) is 9.80 Å². The molecule has 0 saturated carbocycles. The van der Waals surface area contributed by atoms with E-state index in [1.54, 1.807) is 22.7 Å². The van der Waals surface area contributed by atoms with Crippen molar-refractivity contribution < 1.29 is 19.8 Å². The maximum absolute atomic E-state index is 9.55. The van der Waals surface area contributed by atoms with Gasteiger partial charge in [0.05, 0.1) is 21.1 Å². The third kappa shape index (κ3) is 15.0. The summed E-state index contributed by atoms with van der Waals surface area (Å²) in [6, 6.07) is 24.8. The molecule has 2 aliphatic rings. The molecule has 272 valence electrons. The van der Waals surface area contributed by atoms with Crippen molar-refractivity contribution in [2.75, 3.05) is 39.3 Å². The van der Waals surface area contributed by atoms with E-state index in [-0.39, 0.29) is 0 Å². The van der Waals surface area contributed by atoms with Gasteiger partial charge in [0.25, 0.3) is 0 Å². The predicted octanol–water partition coefficient (Wildman–Crippen LogP) is 6.89. The highest BCUT2D eigenvalue weighted by atomic mass is 32.1. The zero-order chi connectivity index (χ0) is 37.0. The van der Waals surface area contributed by atoms with E-state index in [1.165, 1.54) is 37.1 Å². The highest BCUT2D eigenvalue weighted by molar-refractivity contribution is 7.12. The van der Waals surface area contributed by atoms with Crippen LogP contribution in [0.15, 0.2) is 130 Å². The van der Waals surface area contributed by atoms with Crippen molar-refractivity contribution >= 4 is 57.7 Å². The molecule has 0 atom stereocenters. The number of aliphatic carboxylic acids is 2. The van der Waals surface area contributed by atoms with Crippen LogP contribution in [0.4, 0.5) is 11.4 Å². The van der Waals surface area contributed by atoms with Gasteiger partial charge in [-0.05, 0) is 84.0 Å². The van der Waals surface area contributed by atoms with Crippen molar-refractivity contribution in [3.8, 4) is 0 Å². The number of rotatable bonds is 12. The van der Waals surface area contributed by atoms with E-state index in [0.717, 1.165) is 60.1 Å². The van der Waals surface area contributed by atoms with Crippen molar-refractivity contribution in [2.24, 2.45) is 21.5 Å². The van der Waals surface area contributed by atoms with Crippen molar-refractivity contribution in [3.63, 3.8) is 0 Å². The smallest absolute Gasteiger partial charge is 0.328 e. The van der Waals surface area contributed by atoms with Gasteiger partial charge in [0.1, 0.15) is 11.7 Å². The molecule has 2 aromatic heterocycles. The van der Waals surface area contributed by atoms with Crippen molar-refractivity contribution in [1.29, 1.82) is 0 Å². The number of nitrogens with zero attached hydrogens (tertiary/aromatic N) is 4. The zero-order valence-electron chi connectivity index (χ0n) is 29.1. The molecular weight excluding hydrogens is 693 g/mol. The Bertz CT molecular complexity index is 1680. The second-order valence-corrected chi connectivity index (χ2v) is 13.8. The Balaban J connectivity index is 0.000000193. The van der Waals surface area contributed by atoms with Gasteiger partial charge < -0.3 is 21.7 Å². The number of carbonyl (C=O) groups is 2. The van der Waals surface area contributed by atoms with E-state index in [1.807, 2.05) is 59.3 Å². The quantitative estimate of drug-likeness (QED) is 0.0530. The Morgan fingerprint density at radius 2 is 1.04 bits per heavy atom. The molecule has 0 unspecified atom stereocenters. The zero-order valence-corrected chi connectivity index (χ0v) is 30.7. The van der Waals surface area contributed by atoms with Gasteiger partial charge in [-0.15, -0.1) is 22.7 Å². The summed E-state index contributed by atoms with van der Waals surface area (Å²) in [5.74, 6) is -1.34. The molecule has 6 N–H and O–H groups in total. The molecule has 52 heavy (non-hydrogen) atoms. The molecule has 4 heterocycles. The number of amidine groups is 2. The lowest BCUT2D eigenvalue weighted by molar-refractivity contribution is -0.134. The first-order valence-electron chi connectivity index (χ1n) is 17.1. The first-order chi connectivity index (χ1) is 25.2. The Morgan fingerprint density at radius 3 is 1.35 bits per heavy atom. The SMILES string of the molecule is NC(=Nc1ccc(CCN2CC=CCC2)cc1)c1cccs1.NC(=Nc1ccc(CCN2CC=CCC2)cc1)c1cccs1.O=C(O)/C=C/C(=O)O. The van der Waals surface area contributed by atoms with Gasteiger partial charge >= 0.3 is 11.9 Å². The van der Waals surface area contributed by atoms with E-state index in [4.69, 9.17) is 21.7 Å². The topological polar surface area (TPSA) is 158 Å². The Kier molecular flexibility index (Phi) is 16.7. The number of aliphatic imine (C=N–C) groups is 2. The Morgan fingerprint density at radius 1 is 0.635 bits per heavy atom. The average molecular weight is 739 g/mol. The van der Waals surface area contributed by atoms with Crippen LogP contribution >= 0.6 is 22.7 Å². The third-order valence-electron chi connectivity index (χ3n) is 8.01. The fourth-order valence-electron chi connectivity index (χ4n) is 5.21. The number of carboxylic acids is 2. The number of hydrogen-bond donors (Lipinski definition) is 4. The number of thiophene rings is 2. The fraction of sp³-hybridized carbons (Fsp3) is 0.250. The van der Waals surface area contributed by atoms with Gasteiger partial charge in [0.2, 0.25) is 0 Å². The van der Waals surface area contributed by atoms with Crippen LogP contribution in [0.3, 0.4) is 0 Å². The Hall–Kier alpha value is -5.14. The highest BCUT2D eigenvalue weighted by Gasteiger charge is 2.07. The number of carboxylic acid groups (broad SMARTS) is 2. The van der Waals surface area contributed by atoms with Crippen LogP contribution in [0.5, 0.6) is 0 Å². The lowest BCUT2D eigenvalue weighted by Gasteiger charge is -2.22. The molecule has 0 radical (unpaired) electrons. The van der Waals surface area contributed by atoms with Crippen LogP contribution in [-0.4, -0.2) is 82.9 Å². The third-order valence-corrected chi connectivity index (χ3v) is 9.79. The number of benzene rings is 2. The van der Waals surface area contributed by atoms with E-state index in [2.05, 4.69) is 68.4 Å². The lowest BCUT2D eigenvalue weighted by atomic mass is 10.1. The molecule has 0 saturated heterocycles. The van der Waals surface area contributed by atoms with Gasteiger partial charge in [-0.3, -0.25) is 9.80 Å². The minimum Gasteiger partial charge on any atom is -0.478 e. The maximum atomic E-state index is 9.55. The van der Waals surface area contributed by atoms with Gasteiger partial charge in [-0.2, -0.15) is 0 Å². The standard InChI is InChI=1S/2C18H21N3S.C4H4O4/c2*19-18(17-5-4-14-22-17)20-16-8-6-15(7-9-16)10-13-21-11-2-1-3-12-21;5-3(6)1-2-4(7)8/h2*1-2,4-9,14H,3,10-13H2,(H2,19,20);1-2H,(H,5,6)(H,7,8)/b;;2-1+. The van der Waals surface area contributed by atoms with Crippen LogP contribution in [0.1, 0.15) is 33.7 Å². The molecule has 2 aromatic carbocycles. The van der Waals surface area contributed by atoms with Crippen molar-refractivity contribution in [2.45, 2.75) is 25.7 Å². The minimum absolute atomic E-state index is 0.558. The summed E-state index contributed by atoms with van der Waals surface area (Å²) in [6.07, 6.45) is 14.7. The Labute approximate surface area is 313 Å². The molecule has 0 amide bonds. The molecule has 10 nitrogen and oxygen atoms in total. The van der Waals surface area contributed by atoms with Gasteiger partial charge in [-0.1, -0.05) is 60.7 Å². The van der Waals surface area contributed by atoms with Crippen LogP contribution in [0, 0.1) is 0 Å². The molecular formula is C40H46N6O4S2. The molecule has 12 heteroatoms. The summed E-state index contributed by atoms with van der Waals surface area (Å²) in [4.78, 5) is 35.1. The maximum Gasteiger partial charge on any atom is 0.328 e. The second kappa shape index (κ2) is 21.9. The van der Waals surface area contributed by atoms with E-state index in [0.29, 0.717) is 23.8 Å². The summed E-state index contributed by atoms with van der Waals surface area (Å²) in [7, 11) is 0. The molecule has 6 rings (SSSR count). The largest absolute Gasteiger partial charge is 0.478 e. The lowest BCUT2D eigenvalue weighted by Crippen LogP contribution is -2.29. The summed E-state index contributed by atoms with van der Waals surface area (Å²) < 4.78 is 0. The monoisotopic (exact) mass is 738 g/mol. The summed E-state index contributed by atoms with van der Waals surface area (Å²) in [6.45, 7) is 6.75. The van der Waals surface area contributed by atoms with Crippen LogP contribution in [-0.2, 0) is 22.4 Å². The summed E-state index contributed by atoms with van der Waals surface area (Å²) in [5, 5.41) is 19.6. The minimum atomic E-state index is -1.26. The summed E-state index contributed by atoms with van der Waals surface area (Å²) >= 11 is 3.22. The van der Waals surface area contributed by atoms with E-state index < -0.39 is 11.9 Å². The van der Waals surface area contributed by atoms with Crippen LogP contribution in [0.2, 0.25) is 0 Å². The molecule has 0 bridgehead atoms. The predicted molar refractivity (Wildman–Crippen MR) is 215 cm³/mol. The average Bonchev–Trinajstić information content (AvgIpc) is 3.91. The normalized spacial score (nSPS) is 15.1. The van der Waals surface area contributed by atoms with Crippen LogP contribution < -0.4 is 11.5 Å². The molecule has 0 spiro atoms. The number of nitrogens with two attached hydrogens (primary N) is 2. The second-order valence-electron chi connectivity index (χ2n) is 11.9. The van der Waals surface area contributed by atoms with Gasteiger partial charge in [0.15, 0.2) is 0 Å². The van der Waals surface area contributed by atoms with E-state index >= 15 is 0 Å². The number of hydrogen-bond acceptors (Lipinski definition) is 8. The van der Waals surface area contributed by atoms with Crippen LogP contribution in [0.25, 0.3) is 0 Å². The molecule has 0 fully saturated rings. The van der Waals surface area contributed by atoms with Gasteiger partial charge in [-0.25, -0.2) is 19.6 Å². The van der Waals surface area contributed by atoms with Crippen molar-refractivity contribution in [3.05, 3.63) is 141 Å². The highest BCUT2D eigenvalue weighted by Crippen LogP contribution is 2.18. The van der Waals surface area contributed by atoms with E-state index in [9.17, 15) is 9.59 Å². The summed E-state index contributed by atoms with van der Waals surface area (Å²) in [5.41, 5.74) is 16.6. The first-order valence-corrected chi connectivity index (χ1v) is 18.8. The fourth-order valence-corrected chi connectivity index (χ4v) is 6.47. The molecule has 0 aliphatic carbocycles.